The zero-order valence-corrected chi connectivity index (χ0v) is 23.6. The first-order chi connectivity index (χ1) is 21.0. The van der Waals surface area contributed by atoms with Gasteiger partial charge in [-0.3, -0.25) is 19.3 Å². The molecule has 3 aromatic carbocycles. The van der Waals surface area contributed by atoms with Crippen molar-refractivity contribution in [1.82, 2.24) is 19.7 Å². The molecule has 0 bridgehead atoms. The van der Waals surface area contributed by atoms with Crippen molar-refractivity contribution in [2.75, 3.05) is 24.5 Å². The van der Waals surface area contributed by atoms with Crippen molar-refractivity contribution in [3.8, 4) is 11.3 Å². The highest BCUT2D eigenvalue weighted by atomic mass is 19.1. The van der Waals surface area contributed by atoms with Crippen molar-refractivity contribution in [1.29, 1.82) is 0 Å². The predicted octanol–water partition coefficient (Wildman–Crippen LogP) is 5.97. The van der Waals surface area contributed by atoms with E-state index in [2.05, 4.69) is 16.1 Å². The summed E-state index contributed by atoms with van der Waals surface area (Å²) in [4.78, 5) is 35.8. The van der Waals surface area contributed by atoms with Gasteiger partial charge in [0, 0.05) is 48.7 Å². The van der Waals surface area contributed by atoms with Gasteiger partial charge in [0.15, 0.2) is 0 Å². The van der Waals surface area contributed by atoms with Gasteiger partial charge in [-0.2, -0.15) is 5.10 Å². The number of para-hydroxylation sites is 1. The molecule has 43 heavy (non-hydrogen) atoms. The van der Waals surface area contributed by atoms with E-state index in [1.165, 1.54) is 12.1 Å². The molecule has 2 amide bonds. The van der Waals surface area contributed by atoms with E-state index in [4.69, 9.17) is 0 Å². The number of carbonyl (C=O) groups is 2. The highest BCUT2D eigenvalue weighted by Gasteiger charge is 2.47. The Kier molecular flexibility index (Phi) is 6.81. The van der Waals surface area contributed by atoms with Crippen LogP contribution in [0.25, 0.3) is 11.3 Å². The summed E-state index contributed by atoms with van der Waals surface area (Å²) in [7, 11) is 0. The Labute approximate surface area is 249 Å². The topological polar surface area (TPSA) is 71.3 Å². The van der Waals surface area contributed by atoms with Crippen molar-refractivity contribution < 1.29 is 14.0 Å². The summed E-state index contributed by atoms with van der Waals surface area (Å²) < 4.78 is 15.4. The molecule has 7 rings (SSSR count). The average molecular weight is 572 g/mol. The number of aromatic nitrogens is 3. The first kappa shape index (κ1) is 26.8. The SMILES string of the molecule is O=C(c1cnn(Cc2ccccc2)c1)N1CCC2(CC1)CN(C(=O)c1cccnc1-c1ccc(F)cc1)c1ccccc12. The molecule has 0 atom stereocenters. The van der Waals surface area contributed by atoms with Crippen LogP contribution in [0.15, 0.2) is 110 Å². The molecule has 1 saturated heterocycles. The van der Waals surface area contributed by atoms with Crippen molar-refractivity contribution in [2.24, 2.45) is 0 Å². The number of piperidine rings is 1. The van der Waals surface area contributed by atoms with Crippen molar-refractivity contribution in [3.05, 3.63) is 138 Å². The van der Waals surface area contributed by atoms with Crippen LogP contribution in [-0.4, -0.2) is 51.1 Å². The van der Waals surface area contributed by atoms with Crippen LogP contribution < -0.4 is 4.90 Å². The van der Waals surface area contributed by atoms with Gasteiger partial charge >= 0.3 is 0 Å². The lowest BCUT2D eigenvalue weighted by molar-refractivity contribution is 0.0670. The van der Waals surface area contributed by atoms with Gasteiger partial charge < -0.3 is 9.80 Å². The highest BCUT2D eigenvalue weighted by Crippen LogP contribution is 2.47. The third kappa shape index (κ3) is 4.99. The van der Waals surface area contributed by atoms with Crippen LogP contribution in [-0.2, 0) is 12.0 Å². The number of carbonyl (C=O) groups excluding carboxylic acids is 2. The number of likely N-dealkylation sites (tertiary alicyclic amines) is 1. The second-order valence-corrected chi connectivity index (χ2v) is 11.3. The zero-order valence-electron chi connectivity index (χ0n) is 23.6. The van der Waals surface area contributed by atoms with Gasteiger partial charge in [0.2, 0.25) is 0 Å². The Bertz CT molecular complexity index is 1790. The molecule has 5 aromatic rings. The van der Waals surface area contributed by atoms with E-state index in [-0.39, 0.29) is 23.0 Å². The van der Waals surface area contributed by atoms with Gasteiger partial charge in [0.25, 0.3) is 11.8 Å². The summed E-state index contributed by atoms with van der Waals surface area (Å²) in [6.07, 6.45) is 6.60. The second kappa shape index (κ2) is 10.9. The number of benzene rings is 3. The fourth-order valence-corrected chi connectivity index (χ4v) is 6.45. The van der Waals surface area contributed by atoms with Crippen molar-refractivity contribution in [3.63, 3.8) is 0 Å². The molecule has 1 spiro atoms. The lowest BCUT2D eigenvalue weighted by atomic mass is 9.74. The maximum atomic E-state index is 14.1. The Morgan fingerprint density at radius 1 is 0.837 bits per heavy atom. The Balaban J connectivity index is 1.10. The number of rotatable bonds is 5. The van der Waals surface area contributed by atoms with Crippen LogP contribution in [0.2, 0.25) is 0 Å². The molecule has 214 valence electrons. The summed E-state index contributed by atoms with van der Waals surface area (Å²) in [5, 5.41) is 4.42. The minimum absolute atomic E-state index is 0.0207. The zero-order chi connectivity index (χ0) is 29.4. The Morgan fingerprint density at radius 2 is 1.58 bits per heavy atom. The van der Waals surface area contributed by atoms with E-state index in [1.807, 2.05) is 64.5 Å². The first-order valence-electron chi connectivity index (χ1n) is 14.5. The summed E-state index contributed by atoms with van der Waals surface area (Å²) in [6, 6.07) is 27.7. The number of fused-ring (bicyclic) bond motifs is 2. The minimum Gasteiger partial charge on any atom is -0.338 e. The molecule has 0 N–H and O–H groups in total. The third-order valence-electron chi connectivity index (χ3n) is 8.70. The van der Waals surface area contributed by atoms with E-state index in [1.54, 1.807) is 41.3 Å². The number of hydrogen-bond acceptors (Lipinski definition) is 4. The maximum Gasteiger partial charge on any atom is 0.260 e. The van der Waals surface area contributed by atoms with E-state index in [0.717, 1.165) is 29.7 Å². The van der Waals surface area contributed by atoms with Crippen LogP contribution in [0.3, 0.4) is 0 Å². The van der Waals surface area contributed by atoms with Crippen LogP contribution in [0, 0.1) is 5.82 Å². The molecule has 2 aliphatic rings. The first-order valence-corrected chi connectivity index (χ1v) is 14.5. The molecule has 0 saturated carbocycles. The van der Waals surface area contributed by atoms with Crippen LogP contribution in [0.4, 0.5) is 10.1 Å². The Morgan fingerprint density at radius 3 is 2.37 bits per heavy atom. The maximum absolute atomic E-state index is 14.1. The lowest BCUT2D eigenvalue weighted by Gasteiger charge is -2.39. The minimum atomic E-state index is -0.339. The summed E-state index contributed by atoms with van der Waals surface area (Å²) in [5.74, 6) is -0.498. The van der Waals surface area contributed by atoms with E-state index in [9.17, 15) is 14.0 Å². The monoisotopic (exact) mass is 571 g/mol. The number of hydrogen-bond donors (Lipinski definition) is 0. The number of halogens is 1. The largest absolute Gasteiger partial charge is 0.338 e. The van der Waals surface area contributed by atoms with Crippen molar-refractivity contribution >= 4 is 17.5 Å². The third-order valence-corrected chi connectivity index (χ3v) is 8.70. The normalized spacial score (nSPS) is 15.5. The van der Waals surface area contributed by atoms with Crippen LogP contribution >= 0.6 is 0 Å². The lowest BCUT2D eigenvalue weighted by Crippen LogP contribution is -2.47. The number of nitrogens with zero attached hydrogens (tertiary/aromatic N) is 5. The molecule has 0 unspecified atom stereocenters. The molecule has 1 fully saturated rings. The van der Waals surface area contributed by atoms with Gasteiger partial charge in [-0.15, -0.1) is 0 Å². The van der Waals surface area contributed by atoms with Crippen molar-refractivity contribution in [2.45, 2.75) is 24.8 Å². The molecule has 2 aromatic heterocycles. The summed E-state index contributed by atoms with van der Waals surface area (Å²) in [5.41, 5.74) is 5.17. The van der Waals surface area contributed by atoms with Gasteiger partial charge in [-0.05, 0) is 66.4 Å². The fourth-order valence-electron chi connectivity index (χ4n) is 6.45. The molecular weight excluding hydrogens is 541 g/mol. The smallest absolute Gasteiger partial charge is 0.260 e. The summed E-state index contributed by atoms with van der Waals surface area (Å²) in [6.45, 7) is 2.32. The van der Waals surface area contributed by atoms with Crippen LogP contribution in [0.1, 0.15) is 44.7 Å². The fraction of sp³-hybridized carbons (Fsp3) is 0.200. The van der Waals surface area contributed by atoms with Crippen LogP contribution in [0.5, 0.6) is 0 Å². The van der Waals surface area contributed by atoms with Gasteiger partial charge in [0.05, 0.1) is 29.6 Å². The predicted molar refractivity (Wildman–Crippen MR) is 162 cm³/mol. The number of pyridine rings is 1. The molecule has 7 nitrogen and oxygen atoms in total. The Hall–Kier alpha value is -5.11. The number of anilines is 1. The molecule has 2 aliphatic heterocycles. The van der Waals surface area contributed by atoms with E-state index in [0.29, 0.717) is 48.6 Å². The average Bonchev–Trinajstić information content (AvgIpc) is 3.65. The highest BCUT2D eigenvalue weighted by molar-refractivity contribution is 6.11. The van der Waals surface area contributed by atoms with E-state index < -0.39 is 0 Å². The van der Waals surface area contributed by atoms with Gasteiger partial charge in [-0.25, -0.2) is 4.39 Å². The molecule has 8 heteroatoms. The second-order valence-electron chi connectivity index (χ2n) is 11.3. The van der Waals surface area contributed by atoms with Gasteiger partial charge in [0.1, 0.15) is 5.82 Å². The van der Waals surface area contributed by atoms with Gasteiger partial charge in [-0.1, -0.05) is 48.5 Å². The standard InChI is InChI=1S/C35H30FN5O2/c36-28-14-12-26(13-15-28)32-29(9-6-18-37-32)34(43)41-24-35(30-10-4-5-11-31(30)41)16-19-39(20-17-35)33(42)27-21-38-40(23-27)22-25-7-2-1-3-8-25/h1-15,18,21,23H,16-17,19-20,22,24H2. The molecular formula is C35H30FN5O2. The molecule has 4 heterocycles. The van der Waals surface area contributed by atoms with E-state index >= 15 is 0 Å². The number of amides is 2. The quantitative estimate of drug-likeness (QED) is 0.261. The molecule has 0 aliphatic carbocycles. The summed E-state index contributed by atoms with van der Waals surface area (Å²) >= 11 is 0. The molecule has 0 radical (unpaired) electrons.